The van der Waals surface area contributed by atoms with E-state index >= 15 is 0 Å². The molecule has 1 heterocycles. The van der Waals surface area contributed by atoms with Crippen molar-refractivity contribution in [3.8, 4) is 17.0 Å². The van der Waals surface area contributed by atoms with Crippen LogP contribution in [0.2, 0.25) is 0 Å². The van der Waals surface area contributed by atoms with Crippen molar-refractivity contribution in [1.29, 1.82) is 0 Å². The minimum Gasteiger partial charge on any atom is -0.507 e. The van der Waals surface area contributed by atoms with E-state index in [-0.39, 0.29) is 16.8 Å². The summed E-state index contributed by atoms with van der Waals surface area (Å²) in [6, 6.07) is 8.05. The van der Waals surface area contributed by atoms with E-state index in [1.807, 2.05) is 0 Å². The second kappa shape index (κ2) is 6.69. The van der Waals surface area contributed by atoms with Gasteiger partial charge in [0, 0.05) is 17.0 Å². The zero-order valence-corrected chi connectivity index (χ0v) is 14.5. The highest BCUT2D eigenvalue weighted by molar-refractivity contribution is 6.02. The van der Waals surface area contributed by atoms with Crippen LogP contribution in [0.4, 0.5) is 4.39 Å². The second-order valence-electron chi connectivity index (χ2n) is 6.23. The molecule has 0 radical (unpaired) electrons. The van der Waals surface area contributed by atoms with Gasteiger partial charge in [-0.2, -0.15) is 5.10 Å². The molecular weight excluding hydrogens is 355 g/mol. The number of rotatable bonds is 5. The average molecular weight is 372 g/mol. The van der Waals surface area contributed by atoms with Gasteiger partial charge < -0.3 is 15.9 Å². The summed E-state index contributed by atoms with van der Waals surface area (Å²) in [6.07, 6.45) is -0.995. The molecule has 4 N–H and O–H groups in total. The van der Waals surface area contributed by atoms with E-state index in [1.165, 1.54) is 39.9 Å². The third-order valence-corrected chi connectivity index (χ3v) is 4.13. The van der Waals surface area contributed by atoms with Gasteiger partial charge in [-0.15, -0.1) is 0 Å². The summed E-state index contributed by atoms with van der Waals surface area (Å²) in [7, 11) is 3.24. The number of hydrogen-bond acceptors (Lipinski definition) is 5. The van der Waals surface area contributed by atoms with Crippen LogP contribution in [0.3, 0.4) is 0 Å². The van der Waals surface area contributed by atoms with Crippen molar-refractivity contribution in [2.24, 2.45) is 5.73 Å². The highest BCUT2D eigenvalue weighted by Crippen LogP contribution is 2.34. The van der Waals surface area contributed by atoms with Gasteiger partial charge in [0.1, 0.15) is 22.8 Å². The molecule has 0 bridgehead atoms. The van der Waals surface area contributed by atoms with Gasteiger partial charge in [0.05, 0.1) is 5.52 Å². The van der Waals surface area contributed by atoms with Crippen molar-refractivity contribution in [2.75, 3.05) is 14.1 Å². The molecule has 0 aliphatic heterocycles. The molecule has 0 saturated carbocycles. The maximum atomic E-state index is 13.7. The summed E-state index contributed by atoms with van der Waals surface area (Å²) in [5.74, 6) is -3.00. The van der Waals surface area contributed by atoms with E-state index in [4.69, 9.17) is 5.73 Å². The molecule has 0 spiro atoms. The molecule has 1 atom stereocenters. The van der Waals surface area contributed by atoms with Crippen molar-refractivity contribution in [2.45, 2.75) is 6.17 Å². The fourth-order valence-electron chi connectivity index (χ4n) is 2.97. The number of likely N-dealkylation sites (N-methyl/N-ethyl adjacent to an activating group) is 1. The number of aromatic hydroxyl groups is 1. The van der Waals surface area contributed by atoms with Crippen LogP contribution in [0.25, 0.3) is 22.2 Å². The van der Waals surface area contributed by atoms with Crippen LogP contribution in [0, 0.1) is 5.82 Å². The molecule has 0 saturated heterocycles. The van der Waals surface area contributed by atoms with Crippen LogP contribution in [0.15, 0.2) is 36.4 Å². The lowest BCUT2D eigenvalue weighted by Crippen LogP contribution is -2.37. The molecule has 3 aromatic rings. The first-order chi connectivity index (χ1) is 12.7. The molecule has 8 nitrogen and oxygen atoms in total. The number of nitrogens with zero attached hydrogens (tertiary/aromatic N) is 3. The number of aromatic carboxylic acids is 1. The normalized spacial score (nSPS) is 12.4. The van der Waals surface area contributed by atoms with Gasteiger partial charge in [-0.05, 0) is 32.3 Å². The standard InChI is InChI=1S/C18H17FN4O4/c1-22(2)17(16(20)25)23-13-8-14(24)12(18(26)27)7-11(13)15(21-23)9-4-3-5-10(19)6-9/h3-8,17,24H,1-2H3,(H2,20,25)(H,26,27). The number of fused-ring (bicyclic) bond motifs is 1. The summed E-state index contributed by atoms with van der Waals surface area (Å²) >= 11 is 0. The minimum atomic E-state index is -1.33. The number of nitrogens with two attached hydrogens (primary N) is 1. The number of carbonyl (C=O) groups excluding carboxylic acids is 1. The minimum absolute atomic E-state index is 0.264. The molecule has 9 heteroatoms. The van der Waals surface area contributed by atoms with Gasteiger partial charge in [0.15, 0.2) is 6.17 Å². The number of amides is 1. The Hall–Kier alpha value is -3.46. The van der Waals surface area contributed by atoms with Crippen molar-refractivity contribution >= 4 is 22.8 Å². The number of primary amides is 1. The van der Waals surface area contributed by atoms with Crippen molar-refractivity contribution in [1.82, 2.24) is 14.7 Å². The number of carboxylic acids is 1. The second-order valence-corrected chi connectivity index (χ2v) is 6.23. The van der Waals surface area contributed by atoms with Crippen LogP contribution in [0.5, 0.6) is 5.75 Å². The summed E-state index contributed by atoms with van der Waals surface area (Å²) in [5.41, 5.74) is 6.10. The number of carbonyl (C=O) groups is 2. The van der Waals surface area contributed by atoms with E-state index < -0.39 is 29.6 Å². The molecule has 0 aliphatic rings. The molecule has 1 amide bonds. The molecule has 1 unspecified atom stereocenters. The number of aromatic nitrogens is 2. The lowest BCUT2D eigenvalue weighted by Gasteiger charge is -2.22. The molecule has 0 aliphatic carbocycles. The smallest absolute Gasteiger partial charge is 0.339 e. The molecular formula is C18H17FN4O4. The first kappa shape index (κ1) is 18.3. The Morgan fingerprint density at radius 2 is 1.96 bits per heavy atom. The average Bonchev–Trinajstić information content (AvgIpc) is 2.91. The Labute approximate surface area is 153 Å². The van der Waals surface area contributed by atoms with Gasteiger partial charge in [-0.25, -0.2) is 13.9 Å². The summed E-state index contributed by atoms with van der Waals surface area (Å²) in [6.45, 7) is 0. The third-order valence-electron chi connectivity index (χ3n) is 4.13. The number of phenols is 1. The van der Waals surface area contributed by atoms with Crippen LogP contribution in [-0.4, -0.2) is 50.9 Å². The third kappa shape index (κ3) is 3.20. The number of hydrogen-bond donors (Lipinski definition) is 3. The van der Waals surface area contributed by atoms with Crippen LogP contribution in [0.1, 0.15) is 16.5 Å². The Kier molecular flexibility index (Phi) is 4.54. The number of halogens is 1. The van der Waals surface area contributed by atoms with Crippen LogP contribution in [-0.2, 0) is 4.79 Å². The van der Waals surface area contributed by atoms with Gasteiger partial charge in [-0.1, -0.05) is 12.1 Å². The molecule has 2 aromatic carbocycles. The summed E-state index contributed by atoms with van der Waals surface area (Å²) in [4.78, 5) is 24.9. The highest BCUT2D eigenvalue weighted by atomic mass is 19.1. The largest absolute Gasteiger partial charge is 0.507 e. The first-order valence-electron chi connectivity index (χ1n) is 7.91. The lowest BCUT2D eigenvalue weighted by molar-refractivity contribution is -0.125. The van der Waals surface area contributed by atoms with E-state index in [9.17, 15) is 24.2 Å². The van der Waals surface area contributed by atoms with Crippen molar-refractivity contribution < 1.29 is 24.2 Å². The zero-order chi connectivity index (χ0) is 19.9. The summed E-state index contributed by atoms with van der Waals surface area (Å²) in [5, 5.41) is 24.1. The van der Waals surface area contributed by atoms with Crippen LogP contribution >= 0.6 is 0 Å². The number of carboxylic acid groups (broad SMARTS) is 1. The number of benzene rings is 2. The predicted molar refractivity (Wildman–Crippen MR) is 95.7 cm³/mol. The van der Waals surface area contributed by atoms with E-state index in [0.717, 1.165) is 0 Å². The van der Waals surface area contributed by atoms with E-state index in [0.29, 0.717) is 10.9 Å². The lowest BCUT2D eigenvalue weighted by atomic mass is 10.0. The zero-order valence-electron chi connectivity index (χ0n) is 14.5. The molecule has 0 fully saturated rings. The van der Waals surface area contributed by atoms with E-state index in [2.05, 4.69) is 5.10 Å². The van der Waals surface area contributed by atoms with E-state index in [1.54, 1.807) is 20.2 Å². The topological polar surface area (TPSA) is 122 Å². The van der Waals surface area contributed by atoms with Gasteiger partial charge >= 0.3 is 5.97 Å². The Balaban J connectivity index is 2.39. The fraction of sp³-hybridized carbons (Fsp3) is 0.167. The molecule has 27 heavy (non-hydrogen) atoms. The van der Waals surface area contributed by atoms with Gasteiger partial charge in [-0.3, -0.25) is 9.69 Å². The Morgan fingerprint density at radius 1 is 1.26 bits per heavy atom. The molecule has 140 valence electrons. The Bertz CT molecular complexity index is 1060. The molecule has 1 aromatic heterocycles. The summed E-state index contributed by atoms with van der Waals surface area (Å²) < 4.78 is 15.0. The fourth-order valence-corrected chi connectivity index (χ4v) is 2.97. The van der Waals surface area contributed by atoms with Gasteiger partial charge in [0.25, 0.3) is 5.91 Å². The maximum absolute atomic E-state index is 13.7. The SMILES string of the molecule is CN(C)C(C(N)=O)n1nc(-c2cccc(F)c2)c2cc(C(=O)O)c(O)cc21. The van der Waals surface area contributed by atoms with Crippen molar-refractivity contribution in [3.05, 3.63) is 47.8 Å². The highest BCUT2D eigenvalue weighted by Gasteiger charge is 2.27. The maximum Gasteiger partial charge on any atom is 0.339 e. The van der Waals surface area contributed by atoms with Crippen molar-refractivity contribution in [3.63, 3.8) is 0 Å². The quantitative estimate of drug-likeness (QED) is 0.628. The molecule has 3 rings (SSSR count). The van der Waals surface area contributed by atoms with Gasteiger partial charge in [0.2, 0.25) is 0 Å². The predicted octanol–water partition coefficient (Wildman–Crippen LogP) is 1.79. The monoisotopic (exact) mass is 372 g/mol. The Morgan fingerprint density at radius 3 is 2.52 bits per heavy atom. The first-order valence-corrected chi connectivity index (χ1v) is 7.91. The van der Waals surface area contributed by atoms with Crippen LogP contribution < -0.4 is 5.73 Å².